The van der Waals surface area contributed by atoms with Crippen molar-refractivity contribution in [3.05, 3.63) is 0 Å². The van der Waals surface area contributed by atoms with E-state index in [2.05, 4.69) is 29.4 Å². The zero-order valence-corrected chi connectivity index (χ0v) is 21.9. The number of rotatable bonds is 15. The van der Waals surface area contributed by atoms with Gasteiger partial charge in [0.15, 0.2) is 0 Å². The SMILES string of the molecule is CCOC(=O)CC(CC(C)(C#N)CCC(C)C)C(=O)OCC.CCOC(=O)CCC(=O)OCC. The van der Waals surface area contributed by atoms with Crippen molar-refractivity contribution >= 4 is 23.9 Å². The fraction of sp³-hybridized carbons (Fsp3) is 0.800. The van der Waals surface area contributed by atoms with Gasteiger partial charge in [-0.15, -0.1) is 0 Å². The van der Waals surface area contributed by atoms with Crippen molar-refractivity contribution in [3.63, 3.8) is 0 Å². The van der Waals surface area contributed by atoms with E-state index in [1.807, 2.05) is 6.92 Å². The van der Waals surface area contributed by atoms with Gasteiger partial charge in [0.05, 0.1) is 63.1 Å². The van der Waals surface area contributed by atoms with Crippen LogP contribution in [0.25, 0.3) is 0 Å². The van der Waals surface area contributed by atoms with Crippen molar-refractivity contribution in [1.82, 2.24) is 0 Å². The fourth-order valence-electron chi connectivity index (χ4n) is 2.95. The average molecular weight is 486 g/mol. The van der Waals surface area contributed by atoms with Crippen molar-refractivity contribution < 1.29 is 38.1 Å². The van der Waals surface area contributed by atoms with E-state index in [-0.39, 0.29) is 44.4 Å². The molecule has 0 bridgehead atoms. The molecule has 2 unspecified atom stereocenters. The molecule has 0 aliphatic rings. The molecule has 0 rings (SSSR count). The molecular formula is C25H43NO8. The van der Waals surface area contributed by atoms with E-state index in [9.17, 15) is 24.4 Å². The summed E-state index contributed by atoms with van der Waals surface area (Å²) in [4.78, 5) is 45.2. The highest BCUT2D eigenvalue weighted by Gasteiger charge is 2.34. The van der Waals surface area contributed by atoms with E-state index in [1.54, 1.807) is 27.7 Å². The van der Waals surface area contributed by atoms with Gasteiger partial charge in [-0.1, -0.05) is 13.8 Å². The third-order valence-corrected chi connectivity index (χ3v) is 4.72. The lowest BCUT2D eigenvalue weighted by Crippen LogP contribution is -2.28. The Morgan fingerprint density at radius 2 is 1.24 bits per heavy atom. The molecule has 0 aromatic heterocycles. The smallest absolute Gasteiger partial charge is 0.309 e. The molecule has 0 fully saturated rings. The first-order chi connectivity index (χ1) is 16.0. The molecule has 0 spiro atoms. The molecule has 2 atom stereocenters. The third kappa shape index (κ3) is 17.9. The van der Waals surface area contributed by atoms with Crippen molar-refractivity contribution in [2.75, 3.05) is 26.4 Å². The van der Waals surface area contributed by atoms with Crippen LogP contribution in [-0.4, -0.2) is 50.3 Å². The van der Waals surface area contributed by atoms with E-state index in [0.717, 1.165) is 6.42 Å². The molecule has 0 amide bonds. The van der Waals surface area contributed by atoms with Gasteiger partial charge in [-0.3, -0.25) is 19.2 Å². The Morgan fingerprint density at radius 1 is 0.794 bits per heavy atom. The molecule has 0 saturated carbocycles. The number of carbonyl (C=O) groups excluding carboxylic acids is 4. The molecule has 9 heteroatoms. The van der Waals surface area contributed by atoms with Gasteiger partial charge in [-0.25, -0.2) is 0 Å². The monoisotopic (exact) mass is 485 g/mol. The summed E-state index contributed by atoms with van der Waals surface area (Å²) in [5.74, 6) is -1.71. The van der Waals surface area contributed by atoms with Crippen molar-refractivity contribution in [2.24, 2.45) is 17.3 Å². The lowest BCUT2D eigenvalue weighted by atomic mass is 9.76. The summed E-state index contributed by atoms with van der Waals surface area (Å²) in [6.07, 6.45) is 2.08. The third-order valence-electron chi connectivity index (χ3n) is 4.72. The number of nitrogens with zero attached hydrogens (tertiary/aromatic N) is 1. The molecule has 0 heterocycles. The molecule has 0 N–H and O–H groups in total. The van der Waals surface area contributed by atoms with Gasteiger partial charge in [0, 0.05) is 0 Å². The van der Waals surface area contributed by atoms with Crippen molar-refractivity contribution in [1.29, 1.82) is 5.26 Å². The number of hydrogen-bond acceptors (Lipinski definition) is 9. The van der Waals surface area contributed by atoms with Gasteiger partial charge in [0.1, 0.15) is 0 Å². The lowest BCUT2D eigenvalue weighted by Gasteiger charge is -2.26. The standard InChI is InChI=1S/C17H29NO4.C8H14O4/c1-6-21-15(19)10-14(16(20)22-7-2)11-17(5,12-18)9-8-13(3)4;1-3-11-7(9)5-6-8(10)12-4-2/h13-14H,6-11H2,1-5H3;3-6H2,1-2H3. The van der Waals surface area contributed by atoms with Crippen LogP contribution in [0.2, 0.25) is 0 Å². The first-order valence-electron chi connectivity index (χ1n) is 12.0. The van der Waals surface area contributed by atoms with Gasteiger partial charge in [-0.2, -0.15) is 5.26 Å². The quantitative estimate of drug-likeness (QED) is 0.245. The molecule has 196 valence electrons. The summed E-state index contributed by atoms with van der Waals surface area (Å²) in [5.41, 5.74) is -0.645. The van der Waals surface area contributed by atoms with Crippen LogP contribution in [0.5, 0.6) is 0 Å². The van der Waals surface area contributed by atoms with E-state index in [4.69, 9.17) is 9.47 Å². The molecule has 34 heavy (non-hydrogen) atoms. The molecule has 0 saturated heterocycles. The van der Waals surface area contributed by atoms with Gasteiger partial charge in [0.2, 0.25) is 0 Å². The maximum Gasteiger partial charge on any atom is 0.309 e. The van der Waals surface area contributed by atoms with Crippen LogP contribution in [0.4, 0.5) is 0 Å². The van der Waals surface area contributed by atoms with E-state index in [0.29, 0.717) is 32.0 Å². The molecule has 0 aromatic rings. The lowest BCUT2D eigenvalue weighted by molar-refractivity contribution is -0.155. The zero-order chi connectivity index (χ0) is 26.6. The van der Waals surface area contributed by atoms with Crippen molar-refractivity contribution in [3.8, 4) is 6.07 Å². The van der Waals surface area contributed by atoms with Crippen LogP contribution in [0.1, 0.15) is 87.0 Å². The number of carbonyl (C=O) groups is 4. The van der Waals surface area contributed by atoms with E-state index in [1.165, 1.54) is 0 Å². The van der Waals surface area contributed by atoms with Crippen LogP contribution >= 0.6 is 0 Å². The predicted molar refractivity (Wildman–Crippen MR) is 126 cm³/mol. The largest absolute Gasteiger partial charge is 0.466 e. The second-order valence-electron chi connectivity index (χ2n) is 8.38. The Hall–Kier alpha value is -2.63. The number of esters is 4. The molecule has 9 nitrogen and oxygen atoms in total. The summed E-state index contributed by atoms with van der Waals surface area (Å²) >= 11 is 0. The maximum absolute atomic E-state index is 12.1. The second-order valence-corrected chi connectivity index (χ2v) is 8.38. The topological polar surface area (TPSA) is 129 Å². The molecule has 0 aromatic carbocycles. The summed E-state index contributed by atoms with van der Waals surface area (Å²) < 4.78 is 19.2. The maximum atomic E-state index is 12.1. The summed E-state index contributed by atoms with van der Waals surface area (Å²) in [6.45, 7) is 14.2. The van der Waals surface area contributed by atoms with Crippen LogP contribution in [0.15, 0.2) is 0 Å². The summed E-state index contributed by atoms with van der Waals surface area (Å²) in [7, 11) is 0. The Kier molecular flexibility index (Phi) is 19.5. The minimum Gasteiger partial charge on any atom is -0.466 e. The Morgan fingerprint density at radius 3 is 1.62 bits per heavy atom. The highest BCUT2D eigenvalue weighted by molar-refractivity contribution is 5.80. The van der Waals surface area contributed by atoms with Crippen LogP contribution in [0.3, 0.4) is 0 Å². The van der Waals surface area contributed by atoms with Gasteiger partial charge >= 0.3 is 23.9 Å². The first kappa shape index (κ1) is 33.5. The van der Waals surface area contributed by atoms with E-state index >= 15 is 0 Å². The molecular weight excluding hydrogens is 442 g/mol. The Balaban J connectivity index is 0. The summed E-state index contributed by atoms with van der Waals surface area (Å²) in [5, 5.41) is 9.48. The van der Waals surface area contributed by atoms with E-state index < -0.39 is 23.3 Å². The second kappa shape index (κ2) is 19.8. The van der Waals surface area contributed by atoms with Gasteiger partial charge < -0.3 is 18.9 Å². The molecule has 0 aliphatic carbocycles. The minimum atomic E-state index is -0.645. The van der Waals surface area contributed by atoms with Gasteiger partial charge in [0.25, 0.3) is 0 Å². The van der Waals surface area contributed by atoms with Crippen molar-refractivity contribution in [2.45, 2.75) is 87.0 Å². The normalized spacial score (nSPS) is 12.8. The molecule has 0 aliphatic heterocycles. The highest BCUT2D eigenvalue weighted by atomic mass is 16.5. The zero-order valence-electron chi connectivity index (χ0n) is 21.9. The Labute approximate surface area is 204 Å². The van der Waals surface area contributed by atoms with Gasteiger partial charge in [-0.05, 0) is 59.8 Å². The highest BCUT2D eigenvalue weighted by Crippen LogP contribution is 2.34. The summed E-state index contributed by atoms with van der Waals surface area (Å²) in [6, 6.07) is 2.31. The Bertz CT molecular complexity index is 638. The van der Waals surface area contributed by atoms with Crippen LogP contribution in [0, 0.1) is 28.6 Å². The average Bonchev–Trinajstić information content (AvgIpc) is 2.77. The minimum absolute atomic E-state index is 0.0361. The van der Waals surface area contributed by atoms with Crippen LogP contribution in [-0.2, 0) is 38.1 Å². The fourth-order valence-corrected chi connectivity index (χ4v) is 2.95. The predicted octanol–water partition coefficient (Wildman–Crippen LogP) is 4.37. The molecule has 0 radical (unpaired) electrons. The number of ether oxygens (including phenoxy) is 4. The number of hydrogen-bond donors (Lipinski definition) is 0. The van der Waals surface area contributed by atoms with Crippen LogP contribution < -0.4 is 0 Å². The number of nitriles is 1. The first-order valence-corrected chi connectivity index (χ1v) is 12.0.